The second kappa shape index (κ2) is 10.7. The Hall–Kier alpha value is -3.03. The number of ether oxygens (including phenoxy) is 3. The van der Waals surface area contributed by atoms with E-state index in [9.17, 15) is 29.7 Å². The molecular weight excluding hydrogens is 458 g/mol. The van der Waals surface area contributed by atoms with Gasteiger partial charge in [-0.1, -0.05) is 6.07 Å². The molecule has 0 bridgehead atoms. The van der Waals surface area contributed by atoms with Crippen LogP contribution in [0.2, 0.25) is 0 Å². The number of esters is 1. The highest BCUT2D eigenvalue weighted by molar-refractivity contribution is 8.01. The van der Waals surface area contributed by atoms with Crippen LogP contribution in [0.3, 0.4) is 0 Å². The van der Waals surface area contributed by atoms with E-state index in [-0.39, 0.29) is 17.1 Å². The van der Waals surface area contributed by atoms with Crippen LogP contribution in [0.4, 0.5) is 0 Å². The van der Waals surface area contributed by atoms with Crippen LogP contribution in [-0.2, 0) is 19.1 Å². The zero-order valence-corrected chi connectivity index (χ0v) is 19.2. The van der Waals surface area contributed by atoms with Crippen LogP contribution in [-0.4, -0.2) is 78.0 Å². The molecule has 1 aromatic carbocycles. The van der Waals surface area contributed by atoms with Crippen LogP contribution >= 0.6 is 11.8 Å². The molecule has 0 aliphatic carbocycles. The highest BCUT2D eigenvalue weighted by Gasteiger charge is 2.49. The molecule has 12 nitrogen and oxygen atoms in total. The quantitative estimate of drug-likeness (QED) is 0.183. The second-order valence-corrected chi connectivity index (χ2v) is 9.35. The number of thioether (sulfide) groups is 1. The summed E-state index contributed by atoms with van der Waals surface area (Å²) in [6.07, 6.45) is 0. The summed E-state index contributed by atoms with van der Waals surface area (Å²) in [5.41, 5.74) is 5.27. The molecule has 1 saturated heterocycles. The number of nitrogens with one attached hydrogen (secondary N) is 1. The van der Waals surface area contributed by atoms with Gasteiger partial charge in [0, 0.05) is 4.75 Å². The number of nitrogens with zero attached hydrogens (tertiary/aromatic N) is 1. The standard InChI is InChI=1S/C20H27N3O9S/c1-20(2)14(18(27)28)23-16(33-20)13(19(29)32-8-9(21)17(25)26)22-15(24)12-10(30-3)6-5-7-11(12)31-4/h5-7,9,13-14,16,23H,8,21H2,1-4H3,(H,22,24)(H,25,26)(H,27,28)/p-2/t9-,13-,14-,16+/m0/s1. The first kappa shape index (κ1) is 26.2. The van der Waals surface area contributed by atoms with Crippen molar-refractivity contribution in [1.82, 2.24) is 5.32 Å². The minimum absolute atomic E-state index is 0.0521. The second-order valence-electron chi connectivity index (χ2n) is 7.55. The Bertz CT molecular complexity index is 915. The van der Waals surface area contributed by atoms with Gasteiger partial charge in [0.15, 0.2) is 6.04 Å². The van der Waals surface area contributed by atoms with Crippen molar-refractivity contribution in [3.05, 3.63) is 23.8 Å². The first-order chi connectivity index (χ1) is 15.4. The predicted molar refractivity (Wildman–Crippen MR) is 114 cm³/mol. The predicted octanol–water partition coefficient (Wildman–Crippen LogP) is -2.31. The number of carbonyl (C=O) groups excluding carboxylic acids is 2. The van der Waals surface area contributed by atoms with Gasteiger partial charge in [-0.25, -0.2) is 4.79 Å². The van der Waals surface area contributed by atoms with E-state index in [2.05, 4.69) is 10.3 Å². The lowest BCUT2D eigenvalue weighted by Gasteiger charge is -2.24. The smallest absolute Gasteiger partial charge is 0.333 e. The van der Waals surface area contributed by atoms with E-state index >= 15 is 0 Å². The number of nitrogens with two attached hydrogens (primary N) is 1. The molecule has 2 rings (SSSR count). The molecule has 1 aliphatic rings. The van der Waals surface area contributed by atoms with Gasteiger partial charge in [-0.15, -0.1) is 11.8 Å². The maximum Gasteiger partial charge on any atom is 0.333 e. The molecule has 0 unspecified atom stereocenters. The fourth-order valence-electron chi connectivity index (χ4n) is 3.14. The van der Waals surface area contributed by atoms with E-state index in [4.69, 9.17) is 19.9 Å². The zero-order valence-electron chi connectivity index (χ0n) is 18.4. The molecule has 182 valence electrons. The van der Waals surface area contributed by atoms with Crippen molar-refractivity contribution in [3.8, 4) is 11.5 Å². The van der Waals surface area contributed by atoms with Gasteiger partial charge in [0.1, 0.15) is 24.1 Å². The summed E-state index contributed by atoms with van der Waals surface area (Å²) >= 11 is 1.08. The Morgan fingerprint density at radius 1 is 1.24 bits per heavy atom. The third kappa shape index (κ3) is 6.06. The van der Waals surface area contributed by atoms with Gasteiger partial charge in [0.25, 0.3) is 0 Å². The molecule has 0 aromatic heterocycles. The molecule has 4 N–H and O–H groups in total. The summed E-state index contributed by atoms with van der Waals surface area (Å²) in [5, 5.41) is 35.2. The summed E-state index contributed by atoms with van der Waals surface area (Å²) in [6.45, 7) is 2.59. The molecule has 33 heavy (non-hydrogen) atoms. The molecule has 13 heteroatoms. The van der Waals surface area contributed by atoms with Gasteiger partial charge in [-0.3, -0.25) is 15.1 Å². The van der Waals surface area contributed by atoms with Crippen molar-refractivity contribution < 1.29 is 43.9 Å². The highest BCUT2D eigenvalue weighted by atomic mass is 32.2. The number of methoxy groups -OCH3 is 2. The molecule has 0 radical (unpaired) electrons. The van der Waals surface area contributed by atoms with Gasteiger partial charge >= 0.3 is 11.9 Å². The number of benzene rings is 1. The maximum atomic E-state index is 13.1. The van der Waals surface area contributed by atoms with Crippen molar-refractivity contribution in [2.45, 2.75) is 42.1 Å². The van der Waals surface area contributed by atoms with E-state index in [0.717, 1.165) is 11.8 Å². The van der Waals surface area contributed by atoms with E-state index < -0.39 is 58.7 Å². The lowest BCUT2D eigenvalue weighted by atomic mass is 10.0. The molecule has 0 amide bonds. The number of carbonyl (C=O) groups is 3. The molecule has 1 aliphatic heterocycles. The summed E-state index contributed by atoms with van der Waals surface area (Å²) in [4.78, 5) is 39.3. The normalized spacial score (nSPS) is 21.7. The summed E-state index contributed by atoms with van der Waals surface area (Å²) in [7, 11) is 2.68. The van der Waals surface area contributed by atoms with Crippen molar-refractivity contribution in [1.29, 1.82) is 0 Å². The number of aliphatic carboxylic acids is 2. The molecule has 1 aromatic rings. The first-order valence-corrected chi connectivity index (χ1v) is 10.6. The number of carboxylic acid groups (broad SMARTS) is 2. The van der Waals surface area contributed by atoms with Crippen LogP contribution in [0, 0.1) is 0 Å². The molecule has 1 heterocycles. The van der Waals surface area contributed by atoms with Crippen LogP contribution in [0.1, 0.15) is 19.4 Å². The van der Waals surface area contributed by atoms with Gasteiger partial charge in [0.05, 0.1) is 37.2 Å². The topological polar surface area (TPSA) is 196 Å². The fraction of sp³-hybridized carbons (Fsp3) is 0.500. The Morgan fingerprint density at radius 3 is 2.27 bits per heavy atom. The largest absolute Gasteiger partial charge is 0.858 e. The molecule has 0 saturated carbocycles. The Kier molecular flexibility index (Phi) is 8.52. The van der Waals surface area contributed by atoms with Crippen molar-refractivity contribution >= 4 is 35.6 Å². The molecule has 0 spiro atoms. The minimum atomic E-state index is -1.63. The van der Waals surface area contributed by atoms with E-state index in [1.165, 1.54) is 26.4 Å². The lowest BCUT2D eigenvalue weighted by Crippen LogP contribution is -2.49. The number of carboxylic acids is 2. The van der Waals surface area contributed by atoms with Gasteiger partial charge < -0.3 is 40.1 Å². The summed E-state index contributed by atoms with van der Waals surface area (Å²) in [5.74, 6) is -4.45. The van der Waals surface area contributed by atoms with E-state index in [1.807, 2.05) is 0 Å². The van der Waals surface area contributed by atoms with Crippen molar-refractivity contribution in [2.75, 3.05) is 20.8 Å². The number of hydrogen-bond donors (Lipinski definition) is 3. The third-order valence-electron chi connectivity index (χ3n) is 4.84. The van der Waals surface area contributed by atoms with Crippen molar-refractivity contribution in [2.24, 2.45) is 10.7 Å². The fourth-order valence-corrected chi connectivity index (χ4v) is 4.61. The maximum absolute atomic E-state index is 13.1. The molecule has 1 fully saturated rings. The van der Waals surface area contributed by atoms with E-state index in [1.54, 1.807) is 19.9 Å². The highest BCUT2D eigenvalue weighted by Crippen LogP contribution is 2.40. The first-order valence-electron chi connectivity index (χ1n) is 9.68. The van der Waals surface area contributed by atoms with Crippen molar-refractivity contribution in [3.63, 3.8) is 0 Å². The Morgan fingerprint density at radius 2 is 1.82 bits per heavy atom. The lowest BCUT2D eigenvalue weighted by molar-refractivity contribution is -0.308. The van der Waals surface area contributed by atoms with Gasteiger partial charge in [-0.2, -0.15) is 0 Å². The SMILES string of the molecule is COc1cccc(OC)c1C([O-])=N[C@H](C(=O)OC[C@H](N)C(=O)[O-])[C@@H]1N[C@@H](C(=O)O)C(C)(C)S1. The molecule has 4 atom stereocenters. The monoisotopic (exact) mass is 483 g/mol. The van der Waals surface area contributed by atoms with Crippen LogP contribution in [0.5, 0.6) is 11.5 Å². The summed E-state index contributed by atoms with van der Waals surface area (Å²) < 4.78 is 14.5. The van der Waals surface area contributed by atoms with Gasteiger partial charge in [-0.05, 0) is 31.9 Å². The van der Waals surface area contributed by atoms with Crippen LogP contribution < -0.4 is 30.7 Å². The number of aliphatic imine (C=N–C) groups is 1. The average molecular weight is 483 g/mol. The summed E-state index contributed by atoms with van der Waals surface area (Å²) in [6, 6.07) is 0.421. The number of rotatable bonds is 10. The van der Waals surface area contributed by atoms with Crippen LogP contribution in [0.25, 0.3) is 0 Å². The van der Waals surface area contributed by atoms with Gasteiger partial charge in [0.2, 0.25) is 0 Å². The Labute approximate surface area is 194 Å². The Balaban J connectivity index is 2.46. The minimum Gasteiger partial charge on any atom is -0.858 e. The van der Waals surface area contributed by atoms with Crippen LogP contribution in [0.15, 0.2) is 23.2 Å². The average Bonchev–Trinajstić information content (AvgIpc) is 3.09. The van der Waals surface area contributed by atoms with E-state index in [0.29, 0.717) is 0 Å². The zero-order chi connectivity index (χ0) is 24.9. The number of hydrogen-bond acceptors (Lipinski definition) is 12. The molecular formula is C20H25N3O9S-2. The third-order valence-corrected chi connectivity index (χ3v) is 6.33.